The van der Waals surface area contributed by atoms with Crippen molar-refractivity contribution in [2.75, 3.05) is 18.4 Å². The lowest BCUT2D eigenvalue weighted by Crippen LogP contribution is -2.47. The van der Waals surface area contributed by atoms with Gasteiger partial charge in [-0.05, 0) is 19.1 Å². The summed E-state index contributed by atoms with van der Waals surface area (Å²) in [6, 6.07) is 5.54. The topological polar surface area (TPSA) is 98.7 Å². The normalized spacial score (nSPS) is 19.7. The molecular formula is C11H15N3O4S. The molecule has 7 nitrogen and oxygen atoms in total. The van der Waals surface area contributed by atoms with Crippen LogP contribution in [0.2, 0.25) is 0 Å². The molecule has 3 N–H and O–H groups in total. The van der Waals surface area contributed by atoms with Crippen molar-refractivity contribution in [1.29, 1.82) is 0 Å². The van der Waals surface area contributed by atoms with Gasteiger partial charge in [0, 0.05) is 13.1 Å². The molecule has 0 spiro atoms. The number of hydroxylamine groups is 1. The van der Waals surface area contributed by atoms with Crippen LogP contribution in [0.1, 0.15) is 6.92 Å². The van der Waals surface area contributed by atoms with Crippen LogP contribution in [-0.4, -0.2) is 43.0 Å². The minimum absolute atomic E-state index is 0.130. The number of fused-ring (bicyclic) bond motifs is 1. The van der Waals surface area contributed by atoms with Crippen molar-refractivity contribution < 1.29 is 18.4 Å². The molecule has 104 valence electrons. The van der Waals surface area contributed by atoms with Gasteiger partial charge in [-0.1, -0.05) is 12.1 Å². The number of sulfonamides is 1. The van der Waals surface area contributed by atoms with Crippen LogP contribution in [0.3, 0.4) is 0 Å². The number of nitrogens with zero attached hydrogens (tertiary/aromatic N) is 1. The summed E-state index contributed by atoms with van der Waals surface area (Å²) in [5, 5.41) is 11.6. The van der Waals surface area contributed by atoms with Crippen LogP contribution < -0.4 is 10.8 Å². The van der Waals surface area contributed by atoms with Crippen molar-refractivity contribution in [3.05, 3.63) is 24.3 Å². The predicted molar refractivity (Wildman–Crippen MR) is 68.2 cm³/mol. The van der Waals surface area contributed by atoms with E-state index in [9.17, 15) is 13.2 Å². The van der Waals surface area contributed by atoms with E-state index in [1.165, 1.54) is 18.5 Å². The van der Waals surface area contributed by atoms with Gasteiger partial charge in [-0.2, -0.15) is 4.31 Å². The molecule has 1 atom stereocenters. The average Bonchev–Trinajstić information content (AvgIpc) is 2.54. The third-order valence-corrected chi connectivity index (χ3v) is 5.07. The van der Waals surface area contributed by atoms with Crippen LogP contribution in [0.5, 0.6) is 0 Å². The molecule has 0 bridgehead atoms. The molecule has 1 aliphatic heterocycles. The quantitative estimate of drug-likeness (QED) is 0.524. The van der Waals surface area contributed by atoms with Crippen molar-refractivity contribution in [1.82, 2.24) is 9.79 Å². The third kappa shape index (κ3) is 2.42. The van der Waals surface area contributed by atoms with Gasteiger partial charge >= 0.3 is 0 Å². The zero-order valence-electron chi connectivity index (χ0n) is 10.3. The number of nitrogens with one attached hydrogen (secondary N) is 2. The molecule has 2 rings (SSSR count). The number of carbonyl (C=O) groups is 1. The Hall–Kier alpha value is -1.64. The summed E-state index contributed by atoms with van der Waals surface area (Å²) < 4.78 is 26.1. The predicted octanol–water partition coefficient (Wildman–Crippen LogP) is -0.00330. The number of para-hydroxylation sites is 1. The van der Waals surface area contributed by atoms with Crippen molar-refractivity contribution in [3.63, 3.8) is 0 Å². The van der Waals surface area contributed by atoms with Crippen molar-refractivity contribution in [2.45, 2.75) is 17.9 Å². The first-order valence-corrected chi connectivity index (χ1v) is 7.21. The second kappa shape index (κ2) is 5.16. The molecule has 1 aliphatic rings. The summed E-state index contributed by atoms with van der Waals surface area (Å²) >= 11 is 0. The van der Waals surface area contributed by atoms with Crippen LogP contribution in [0.4, 0.5) is 5.69 Å². The number of amides is 1. The Labute approximate surface area is 111 Å². The van der Waals surface area contributed by atoms with Crippen LogP contribution >= 0.6 is 0 Å². The SMILES string of the molecule is C[C@H](C(=O)NO)N1CCNc2ccccc2S1(=O)=O. The van der Waals surface area contributed by atoms with Crippen molar-refractivity contribution >= 4 is 21.6 Å². The molecule has 19 heavy (non-hydrogen) atoms. The highest BCUT2D eigenvalue weighted by Crippen LogP contribution is 2.27. The van der Waals surface area contributed by atoms with Gasteiger partial charge in [-0.3, -0.25) is 10.0 Å². The average molecular weight is 285 g/mol. The number of rotatable bonds is 2. The Morgan fingerprint density at radius 1 is 1.47 bits per heavy atom. The fraction of sp³-hybridized carbons (Fsp3) is 0.364. The Bertz CT molecular complexity index is 587. The zero-order valence-corrected chi connectivity index (χ0v) is 11.1. The van der Waals surface area contributed by atoms with E-state index < -0.39 is 22.0 Å². The lowest BCUT2D eigenvalue weighted by Gasteiger charge is -2.24. The summed E-state index contributed by atoms with van der Waals surface area (Å²) in [6.45, 7) is 1.96. The van der Waals surface area contributed by atoms with Crippen molar-refractivity contribution in [3.8, 4) is 0 Å². The lowest BCUT2D eigenvalue weighted by atomic mass is 10.3. The number of hydrogen-bond acceptors (Lipinski definition) is 5. The van der Waals surface area contributed by atoms with Gasteiger partial charge in [0.05, 0.1) is 5.69 Å². The van der Waals surface area contributed by atoms with Crippen LogP contribution in [0.15, 0.2) is 29.2 Å². The van der Waals surface area contributed by atoms with Crippen LogP contribution in [0.25, 0.3) is 0 Å². The molecule has 1 aromatic rings. The Morgan fingerprint density at radius 3 is 2.84 bits per heavy atom. The highest BCUT2D eigenvalue weighted by atomic mass is 32.2. The van der Waals surface area contributed by atoms with Gasteiger partial charge in [0.25, 0.3) is 5.91 Å². The van der Waals surface area contributed by atoms with Gasteiger partial charge in [0.15, 0.2) is 0 Å². The molecule has 0 aliphatic carbocycles. The van der Waals surface area contributed by atoms with E-state index in [1.54, 1.807) is 18.2 Å². The summed E-state index contributed by atoms with van der Waals surface area (Å²) in [5.74, 6) is -0.761. The zero-order chi connectivity index (χ0) is 14.0. The molecule has 0 fully saturated rings. The van der Waals surface area contributed by atoms with E-state index in [1.807, 2.05) is 0 Å². The summed E-state index contributed by atoms with van der Waals surface area (Å²) in [6.07, 6.45) is 0. The molecule has 8 heteroatoms. The van der Waals surface area contributed by atoms with E-state index in [0.717, 1.165) is 4.31 Å². The first kappa shape index (κ1) is 13.8. The Morgan fingerprint density at radius 2 is 2.16 bits per heavy atom. The van der Waals surface area contributed by atoms with E-state index in [2.05, 4.69) is 5.32 Å². The first-order chi connectivity index (χ1) is 8.98. The van der Waals surface area contributed by atoms with Crippen LogP contribution in [-0.2, 0) is 14.8 Å². The first-order valence-electron chi connectivity index (χ1n) is 5.77. The standard InChI is InChI=1S/C11H15N3O4S/c1-8(11(15)13-16)14-7-6-12-9-4-2-3-5-10(9)19(14,17)18/h2-5,8,12,16H,6-7H2,1H3,(H,13,15)/t8-/m1/s1. The summed E-state index contributed by atoms with van der Waals surface area (Å²) in [7, 11) is -3.77. The third-order valence-electron chi connectivity index (χ3n) is 3.04. The highest BCUT2D eigenvalue weighted by molar-refractivity contribution is 7.89. The molecule has 0 radical (unpaired) electrons. The number of hydrogen-bond donors (Lipinski definition) is 3. The minimum Gasteiger partial charge on any atom is -0.383 e. The number of carbonyl (C=O) groups excluding carboxylic acids is 1. The minimum atomic E-state index is -3.77. The molecule has 1 amide bonds. The smallest absolute Gasteiger partial charge is 0.261 e. The van der Waals surface area contributed by atoms with Gasteiger partial charge in [0.2, 0.25) is 10.0 Å². The second-order valence-corrected chi connectivity index (χ2v) is 6.05. The van der Waals surface area contributed by atoms with E-state index in [0.29, 0.717) is 12.2 Å². The maximum atomic E-state index is 12.5. The lowest BCUT2D eigenvalue weighted by molar-refractivity contribution is -0.132. The summed E-state index contributed by atoms with van der Waals surface area (Å²) in [5.41, 5.74) is 1.99. The van der Waals surface area contributed by atoms with Crippen molar-refractivity contribution in [2.24, 2.45) is 0 Å². The summed E-state index contributed by atoms with van der Waals surface area (Å²) in [4.78, 5) is 11.6. The maximum absolute atomic E-state index is 12.5. The van der Waals surface area contributed by atoms with Gasteiger partial charge in [-0.15, -0.1) is 0 Å². The number of anilines is 1. The molecule has 0 unspecified atom stereocenters. The van der Waals surface area contributed by atoms with E-state index in [-0.39, 0.29) is 11.4 Å². The van der Waals surface area contributed by atoms with Gasteiger partial charge in [0.1, 0.15) is 10.9 Å². The van der Waals surface area contributed by atoms with Gasteiger partial charge in [-0.25, -0.2) is 13.9 Å². The molecule has 1 aromatic carbocycles. The number of benzene rings is 1. The monoisotopic (exact) mass is 285 g/mol. The molecule has 0 aromatic heterocycles. The fourth-order valence-electron chi connectivity index (χ4n) is 2.01. The van der Waals surface area contributed by atoms with E-state index in [4.69, 9.17) is 5.21 Å². The molecule has 0 saturated heterocycles. The fourth-order valence-corrected chi connectivity index (χ4v) is 3.78. The molecular weight excluding hydrogens is 270 g/mol. The van der Waals surface area contributed by atoms with Gasteiger partial charge < -0.3 is 5.32 Å². The molecule has 0 saturated carbocycles. The van der Waals surface area contributed by atoms with E-state index >= 15 is 0 Å². The highest BCUT2D eigenvalue weighted by Gasteiger charge is 2.35. The Balaban J connectivity index is 2.47. The van der Waals surface area contributed by atoms with Crippen LogP contribution in [0, 0.1) is 0 Å². The Kier molecular flexibility index (Phi) is 3.74. The molecule has 1 heterocycles. The largest absolute Gasteiger partial charge is 0.383 e. The maximum Gasteiger partial charge on any atom is 0.261 e. The second-order valence-electron chi connectivity index (χ2n) is 4.19.